The molecule has 7 heteroatoms. The summed E-state index contributed by atoms with van der Waals surface area (Å²) in [5.41, 5.74) is 1.78. The van der Waals surface area contributed by atoms with E-state index in [0.717, 1.165) is 5.56 Å². The summed E-state index contributed by atoms with van der Waals surface area (Å²) in [4.78, 5) is 14.2. The van der Waals surface area contributed by atoms with Gasteiger partial charge in [0.05, 0.1) is 19.4 Å². The third kappa shape index (κ3) is 3.66. The Morgan fingerprint density at radius 2 is 2.04 bits per heavy atom. The standard InChI is InChI=1S/C19H17ClN2O3S/c1-3-25-16-8-7-12(10-17(16)24-2)9-15-18(23)22(19(26)21-15)14-6-4-5-13(20)11-14/h4-11H,3H2,1-2H3,(H,21,26)/b15-9-. The van der Waals surface area contributed by atoms with Crippen molar-refractivity contribution in [3.63, 3.8) is 0 Å². The van der Waals surface area contributed by atoms with Crippen LogP contribution in [0.1, 0.15) is 12.5 Å². The first-order chi connectivity index (χ1) is 12.5. The lowest BCUT2D eigenvalue weighted by molar-refractivity contribution is -0.113. The fourth-order valence-corrected chi connectivity index (χ4v) is 3.08. The molecule has 0 bridgehead atoms. The number of anilines is 1. The number of halogens is 1. The molecule has 0 radical (unpaired) electrons. The number of hydrogen-bond donors (Lipinski definition) is 1. The number of hydrogen-bond acceptors (Lipinski definition) is 4. The van der Waals surface area contributed by atoms with E-state index >= 15 is 0 Å². The Labute approximate surface area is 162 Å². The van der Waals surface area contributed by atoms with Crippen LogP contribution < -0.4 is 19.7 Å². The predicted molar refractivity (Wildman–Crippen MR) is 107 cm³/mol. The van der Waals surface area contributed by atoms with Gasteiger partial charge in [-0.15, -0.1) is 0 Å². The second-order valence-corrected chi connectivity index (χ2v) is 6.28. The van der Waals surface area contributed by atoms with Gasteiger partial charge in [-0.1, -0.05) is 23.7 Å². The maximum absolute atomic E-state index is 12.8. The van der Waals surface area contributed by atoms with E-state index in [9.17, 15) is 4.79 Å². The largest absolute Gasteiger partial charge is 0.493 e. The highest BCUT2D eigenvalue weighted by molar-refractivity contribution is 7.80. The van der Waals surface area contributed by atoms with Crippen molar-refractivity contribution in [2.45, 2.75) is 6.92 Å². The van der Waals surface area contributed by atoms with E-state index < -0.39 is 0 Å². The Morgan fingerprint density at radius 3 is 2.73 bits per heavy atom. The van der Waals surface area contributed by atoms with Crippen LogP contribution in [0.5, 0.6) is 11.5 Å². The van der Waals surface area contributed by atoms with E-state index in [1.54, 1.807) is 49.6 Å². The smallest absolute Gasteiger partial charge is 0.281 e. The molecule has 0 unspecified atom stereocenters. The summed E-state index contributed by atoms with van der Waals surface area (Å²) in [5, 5.41) is 3.79. The fraction of sp³-hybridized carbons (Fsp3) is 0.158. The monoisotopic (exact) mass is 388 g/mol. The number of ether oxygens (including phenoxy) is 2. The molecule has 1 amide bonds. The minimum absolute atomic E-state index is 0.245. The average Bonchev–Trinajstić information content (AvgIpc) is 2.90. The first-order valence-electron chi connectivity index (χ1n) is 7.97. The highest BCUT2D eigenvalue weighted by Crippen LogP contribution is 2.30. The highest BCUT2D eigenvalue weighted by atomic mass is 35.5. The topological polar surface area (TPSA) is 50.8 Å². The first-order valence-corrected chi connectivity index (χ1v) is 8.75. The summed E-state index contributed by atoms with van der Waals surface area (Å²) in [6.07, 6.45) is 1.72. The third-order valence-corrected chi connectivity index (χ3v) is 4.26. The number of nitrogens with zero attached hydrogens (tertiary/aromatic N) is 1. The van der Waals surface area contributed by atoms with Gasteiger partial charge in [0.1, 0.15) is 5.70 Å². The second-order valence-electron chi connectivity index (χ2n) is 5.45. The molecule has 1 aliphatic rings. The second kappa shape index (κ2) is 7.76. The number of rotatable bonds is 5. The van der Waals surface area contributed by atoms with Crippen molar-refractivity contribution in [1.29, 1.82) is 0 Å². The fourth-order valence-electron chi connectivity index (χ4n) is 2.60. The highest BCUT2D eigenvalue weighted by Gasteiger charge is 2.32. The summed E-state index contributed by atoms with van der Waals surface area (Å²) in [6.45, 7) is 2.45. The molecule has 0 spiro atoms. The number of carbonyl (C=O) groups is 1. The van der Waals surface area contributed by atoms with Crippen LogP contribution in [0.15, 0.2) is 48.2 Å². The van der Waals surface area contributed by atoms with Gasteiger partial charge >= 0.3 is 0 Å². The Kier molecular flexibility index (Phi) is 5.44. The number of carbonyl (C=O) groups excluding carboxylic acids is 1. The number of nitrogens with one attached hydrogen (secondary N) is 1. The summed E-state index contributed by atoms with van der Waals surface area (Å²) in [5.74, 6) is 1.00. The van der Waals surface area contributed by atoms with E-state index in [1.807, 2.05) is 13.0 Å². The maximum Gasteiger partial charge on any atom is 0.281 e. The Balaban J connectivity index is 1.90. The molecule has 134 valence electrons. The number of benzene rings is 2. The van der Waals surface area contributed by atoms with Gasteiger partial charge in [-0.25, -0.2) is 0 Å². The Morgan fingerprint density at radius 1 is 1.23 bits per heavy atom. The van der Waals surface area contributed by atoms with Crippen LogP contribution in [0.4, 0.5) is 5.69 Å². The van der Waals surface area contributed by atoms with Gasteiger partial charge in [-0.05, 0) is 61.1 Å². The van der Waals surface area contributed by atoms with Gasteiger partial charge in [0, 0.05) is 5.02 Å². The van der Waals surface area contributed by atoms with Crippen LogP contribution in [0.25, 0.3) is 6.08 Å². The zero-order valence-electron chi connectivity index (χ0n) is 14.3. The van der Waals surface area contributed by atoms with Crippen LogP contribution in [-0.4, -0.2) is 24.7 Å². The van der Waals surface area contributed by atoms with Crippen molar-refractivity contribution in [3.05, 3.63) is 58.7 Å². The van der Waals surface area contributed by atoms with Crippen molar-refractivity contribution in [1.82, 2.24) is 5.32 Å². The normalized spacial score (nSPS) is 15.3. The van der Waals surface area contributed by atoms with Crippen LogP contribution >= 0.6 is 23.8 Å². The summed E-state index contributed by atoms with van der Waals surface area (Å²) in [7, 11) is 1.57. The van der Waals surface area contributed by atoms with Crippen molar-refractivity contribution >= 4 is 46.6 Å². The van der Waals surface area contributed by atoms with E-state index in [1.165, 1.54) is 4.90 Å². The Bertz CT molecular complexity index is 898. The van der Waals surface area contributed by atoms with Crippen molar-refractivity contribution in [3.8, 4) is 11.5 Å². The first kappa shape index (κ1) is 18.2. The van der Waals surface area contributed by atoms with Crippen LogP contribution in [0.3, 0.4) is 0 Å². The molecule has 0 atom stereocenters. The molecule has 0 aromatic heterocycles. The van der Waals surface area contributed by atoms with Crippen LogP contribution in [0.2, 0.25) is 5.02 Å². The van der Waals surface area contributed by atoms with Gasteiger partial charge in [0.15, 0.2) is 16.6 Å². The molecule has 2 aromatic carbocycles. The van der Waals surface area contributed by atoms with Crippen LogP contribution in [0, 0.1) is 0 Å². The Hall–Kier alpha value is -2.57. The summed E-state index contributed by atoms with van der Waals surface area (Å²) in [6, 6.07) is 12.4. The zero-order valence-corrected chi connectivity index (χ0v) is 15.9. The molecule has 3 rings (SSSR count). The van der Waals surface area contributed by atoms with E-state index in [-0.39, 0.29) is 5.91 Å². The van der Waals surface area contributed by atoms with Crippen molar-refractivity contribution in [2.24, 2.45) is 0 Å². The SMILES string of the molecule is CCOc1ccc(/C=C2\NC(=S)N(c3cccc(Cl)c3)C2=O)cc1OC. The molecule has 1 aliphatic heterocycles. The summed E-state index contributed by atoms with van der Waals surface area (Å²) < 4.78 is 10.9. The summed E-state index contributed by atoms with van der Waals surface area (Å²) >= 11 is 11.3. The molecule has 1 N–H and O–H groups in total. The lowest BCUT2D eigenvalue weighted by Crippen LogP contribution is -2.30. The maximum atomic E-state index is 12.8. The molecule has 1 saturated heterocycles. The molecular weight excluding hydrogens is 372 g/mol. The van der Waals surface area contributed by atoms with E-state index in [0.29, 0.717) is 39.6 Å². The number of thiocarbonyl (C=S) groups is 1. The zero-order chi connectivity index (χ0) is 18.7. The average molecular weight is 389 g/mol. The number of methoxy groups -OCH3 is 1. The lowest BCUT2D eigenvalue weighted by Gasteiger charge is -2.14. The quantitative estimate of drug-likeness (QED) is 0.619. The van der Waals surface area contributed by atoms with Crippen LogP contribution in [-0.2, 0) is 4.79 Å². The molecule has 26 heavy (non-hydrogen) atoms. The predicted octanol–water partition coefficient (Wildman–Crippen LogP) is 4.01. The van der Waals surface area contributed by atoms with Gasteiger partial charge < -0.3 is 14.8 Å². The molecular formula is C19H17ClN2O3S. The third-order valence-electron chi connectivity index (χ3n) is 3.74. The molecule has 2 aromatic rings. The van der Waals surface area contributed by atoms with Crippen molar-refractivity contribution < 1.29 is 14.3 Å². The minimum atomic E-state index is -0.245. The molecule has 1 fully saturated rings. The van der Waals surface area contributed by atoms with Gasteiger partial charge in [-0.3, -0.25) is 9.69 Å². The van der Waals surface area contributed by atoms with E-state index in [2.05, 4.69) is 5.32 Å². The van der Waals surface area contributed by atoms with Gasteiger partial charge in [0.2, 0.25) is 0 Å². The number of amides is 1. The van der Waals surface area contributed by atoms with Gasteiger partial charge in [-0.2, -0.15) is 0 Å². The minimum Gasteiger partial charge on any atom is -0.493 e. The molecule has 1 heterocycles. The lowest BCUT2D eigenvalue weighted by atomic mass is 10.1. The van der Waals surface area contributed by atoms with Crippen molar-refractivity contribution in [2.75, 3.05) is 18.6 Å². The van der Waals surface area contributed by atoms with Gasteiger partial charge in [0.25, 0.3) is 5.91 Å². The molecule has 5 nitrogen and oxygen atoms in total. The van der Waals surface area contributed by atoms with E-state index in [4.69, 9.17) is 33.3 Å². The molecule has 0 saturated carbocycles. The molecule has 0 aliphatic carbocycles.